The Morgan fingerprint density at radius 1 is 1.36 bits per heavy atom. The molecular formula is C10H8Br2OS. The van der Waals surface area contributed by atoms with Gasteiger partial charge in [0.05, 0.1) is 6.61 Å². The first-order chi connectivity index (χ1) is 6.77. The summed E-state index contributed by atoms with van der Waals surface area (Å²) in [4.78, 5) is 1.20. The number of thiophene rings is 1. The SMILES string of the molecule is OCc1c(CBr)sc2c(Br)cccc12. The van der Waals surface area contributed by atoms with Crippen molar-refractivity contribution < 1.29 is 5.11 Å². The van der Waals surface area contributed by atoms with Gasteiger partial charge < -0.3 is 5.11 Å². The highest BCUT2D eigenvalue weighted by Gasteiger charge is 2.11. The fraction of sp³-hybridized carbons (Fsp3) is 0.200. The first-order valence-corrected chi connectivity index (χ1v) is 6.86. The maximum Gasteiger partial charge on any atom is 0.0699 e. The molecule has 0 spiro atoms. The lowest BCUT2D eigenvalue weighted by Gasteiger charge is -1.96. The standard InChI is InChI=1S/C10H8Br2OS/c11-4-9-7(5-13)6-2-1-3-8(12)10(6)14-9/h1-3,13H,4-5H2. The molecule has 74 valence electrons. The first kappa shape index (κ1) is 10.6. The van der Waals surface area contributed by atoms with Crippen molar-refractivity contribution in [3.8, 4) is 0 Å². The summed E-state index contributed by atoms with van der Waals surface area (Å²) >= 11 is 8.67. The Bertz CT molecular complexity index is 464. The average molecular weight is 336 g/mol. The van der Waals surface area contributed by atoms with Gasteiger partial charge in [-0.1, -0.05) is 28.1 Å². The molecular weight excluding hydrogens is 328 g/mol. The van der Waals surface area contributed by atoms with Crippen LogP contribution in [0.3, 0.4) is 0 Å². The minimum Gasteiger partial charge on any atom is -0.392 e. The molecule has 0 saturated carbocycles. The summed E-state index contributed by atoms with van der Waals surface area (Å²) < 4.78 is 2.31. The van der Waals surface area contributed by atoms with E-state index >= 15 is 0 Å². The molecule has 0 radical (unpaired) electrons. The molecule has 1 nitrogen and oxygen atoms in total. The Hall–Kier alpha value is 0.1000. The normalized spacial score (nSPS) is 11.1. The molecule has 14 heavy (non-hydrogen) atoms. The molecule has 0 aliphatic rings. The summed E-state index contributed by atoms with van der Waals surface area (Å²) in [7, 11) is 0. The van der Waals surface area contributed by atoms with Crippen molar-refractivity contribution in [2.24, 2.45) is 0 Å². The largest absolute Gasteiger partial charge is 0.392 e. The van der Waals surface area contributed by atoms with Crippen LogP contribution >= 0.6 is 43.2 Å². The zero-order valence-electron chi connectivity index (χ0n) is 7.26. The highest BCUT2D eigenvalue weighted by molar-refractivity contribution is 9.10. The van der Waals surface area contributed by atoms with E-state index in [0.29, 0.717) is 0 Å². The van der Waals surface area contributed by atoms with Crippen LogP contribution in [0, 0.1) is 0 Å². The summed E-state index contributed by atoms with van der Waals surface area (Å²) in [6, 6.07) is 6.07. The van der Waals surface area contributed by atoms with Crippen LogP contribution in [-0.2, 0) is 11.9 Å². The van der Waals surface area contributed by atoms with Crippen LogP contribution in [-0.4, -0.2) is 5.11 Å². The summed E-state index contributed by atoms with van der Waals surface area (Å²) in [5.74, 6) is 0. The van der Waals surface area contributed by atoms with Gasteiger partial charge >= 0.3 is 0 Å². The number of halogens is 2. The van der Waals surface area contributed by atoms with Crippen molar-refractivity contribution in [3.05, 3.63) is 33.1 Å². The second-order valence-electron chi connectivity index (χ2n) is 2.91. The van der Waals surface area contributed by atoms with Gasteiger partial charge in [-0.3, -0.25) is 0 Å². The van der Waals surface area contributed by atoms with Crippen molar-refractivity contribution in [2.75, 3.05) is 0 Å². The van der Waals surface area contributed by atoms with Crippen molar-refractivity contribution in [3.63, 3.8) is 0 Å². The Morgan fingerprint density at radius 2 is 2.14 bits per heavy atom. The Labute approximate surface area is 103 Å². The molecule has 1 N–H and O–H groups in total. The molecule has 0 fully saturated rings. The molecule has 2 rings (SSSR count). The van der Waals surface area contributed by atoms with Gasteiger partial charge in [-0.15, -0.1) is 11.3 Å². The Morgan fingerprint density at radius 3 is 2.79 bits per heavy atom. The third-order valence-electron chi connectivity index (χ3n) is 2.13. The maximum atomic E-state index is 9.30. The van der Waals surface area contributed by atoms with Crippen molar-refractivity contribution in [2.45, 2.75) is 11.9 Å². The van der Waals surface area contributed by atoms with Crippen LogP contribution in [0.2, 0.25) is 0 Å². The average Bonchev–Trinajstić information content (AvgIpc) is 2.57. The quantitative estimate of drug-likeness (QED) is 0.821. The van der Waals surface area contributed by atoms with E-state index in [4.69, 9.17) is 0 Å². The molecule has 0 bridgehead atoms. The summed E-state index contributed by atoms with van der Waals surface area (Å²) in [6.45, 7) is 0.109. The van der Waals surface area contributed by atoms with E-state index in [1.165, 1.54) is 9.58 Å². The number of hydrogen-bond donors (Lipinski definition) is 1. The van der Waals surface area contributed by atoms with Crippen molar-refractivity contribution >= 4 is 53.3 Å². The summed E-state index contributed by atoms with van der Waals surface area (Å²) in [5.41, 5.74) is 1.04. The molecule has 1 aromatic heterocycles. The van der Waals surface area contributed by atoms with E-state index in [2.05, 4.69) is 31.9 Å². The third-order valence-corrected chi connectivity index (χ3v) is 5.27. The first-order valence-electron chi connectivity index (χ1n) is 4.13. The number of fused-ring (bicyclic) bond motifs is 1. The molecule has 0 atom stereocenters. The topological polar surface area (TPSA) is 20.2 Å². The van der Waals surface area contributed by atoms with E-state index in [-0.39, 0.29) is 6.61 Å². The predicted octanol–water partition coefficient (Wildman–Crippen LogP) is 4.05. The van der Waals surface area contributed by atoms with Gasteiger partial charge in [0, 0.05) is 24.9 Å². The number of rotatable bonds is 2. The molecule has 1 aromatic carbocycles. The molecule has 2 aromatic rings. The highest BCUT2D eigenvalue weighted by Crippen LogP contribution is 2.37. The fourth-order valence-corrected chi connectivity index (χ4v) is 3.82. The second kappa shape index (κ2) is 4.31. The van der Waals surface area contributed by atoms with Gasteiger partial charge in [-0.2, -0.15) is 0 Å². The van der Waals surface area contributed by atoms with Crippen LogP contribution in [0.1, 0.15) is 10.4 Å². The molecule has 0 aliphatic heterocycles. The van der Waals surface area contributed by atoms with Gasteiger partial charge in [-0.05, 0) is 27.4 Å². The van der Waals surface area contributed by atoms with Gasteiger partial charge in [-0.25, -0.2) is 0 Å². The lowest BCUT2D eigenvalue weighted by molar-refractivity contribution is 0.283. The molecule has 0 aliphatic carbocycles. The molecule has 1 heterocycles. The lowest BCUT2D eigenvalue weighted by atomic mass is 10.1. The number of alkyl halides is 1. The van der Waals surface area contributed by atoms with Crippen LogP contribution in [0.5, 0.6) is 0 Å². The van der Waals surface area contributed by atoms with Gasteiger partial charge in [0.1, 0.15) is 0 Å². The minimum absolute atomic E-state index is 0.109. The maximum absolute atomic E-state index is 9.30. The molecule has 4 heteroatoms. The number of aliphatic hydroxyl groups is 1. The predicted molar refractivity (Wildman–Crippen MR) is 68.1 cm³/mol. The third kappa shape index (κ3) is 1.65. The Kier molecular flexibility index (Phi) is 3.27. The zero-order chi connectivity index (χ0) is 10.1. The number of aliphatic hydroxyl groups excluding tert-OH is 1. The monoisotopic (exact) mass is 334 g/mol. The van der Waals surface area contributed by atoms with Crippen LogP contribution in [0.25, 0.3) is 10.1 Å². The minimum atomic E-state index is 0.109. The second-order valence-corrected chi connectivity index (χ2v) is 5.43. The fourth-order valence-electron chi connectivity index (χ4n) is 1.47. The number of benzene rings is 1. The highest BCUT2D eigenvalue weighted by atomic mass is 79.9. The van der Waals surface area contributed by atoms with E-state index in [9.17, 15) is 5.11 Å². The Balaban J connectivity index is 2.79. The number of hydrogen-bond acceptors (Lipinski definition) is 2. The van der Waals surface area contributed by atoms with E-state index < -0.39 is 0 Å². The van der Waals surface area contributed by atoms with E-state index in [1.807, 2.05) is 18.2 Å². The zero-order valence-corrected chi connectivity index (χ0v) is 11.2. The van der Waals surface area contributed by atoms with E-state index in [0.717, 1.165) is 20.8 Å². The molecule has 0 unspecified atom stereocenters. The summed E-state index contributed by atoms with van der Waals surface area (Å²) in [5, 5.41) is 11.3. The lowest BCUT2D eigenvalue weighted by Crippen LogP contribution is -1.84. The van der Waals surface area contributed by atoms with Crippen LogP contribution in [0.4, 0.5) is 0 Å². The smallest absolute Gasteiger partial charge is 0.0699 e. The van der Waals surface area contributed by atoms with Crippen LogP contribution in [0.15, 0.2) is 22.7 Å². The molecule has 0 saturated heterocycles. The van der Waals surface area contributed by atoms with E-state index in [1.54, 1.807) is 11.3 Å². The molecule has 0 amide bonds. The van der Waals surface area contributed by atoms with Gasteiger partial charge in [0.2, 0.25) is 0 Å². The van der Waals surface area contributed by atoms with Gasteiger partial charge in [0.15, 0.2) is 0 Å². The summed E-state index contributed by atoms with van der Waals surface area (Å²) in [6.07, 6.45) is 0. The van der Waals surface area contributed by atoms with Gasteiger partial charge in [0.25, 0.3) is 0 Å². The van der Waals surface area contributed by atoms with Crippen molar-refractivity contribution in [1.29, 1.82) is 0 Å². The van der Waals surface area contributed by atoms with Crippen molar-refractivity contribution in [1.82, 2.24) is 0 Å². The van der Waals surface area contributed by atoms with Crippen LogP contribution < -0.4 is 0 Å².